The quantitative estimate of drug-likeness (QED) is 0.148. The molecule has 1 amide bonds. The molecule has 0 aliphatic carbocycles. The predicted octanol–water partition coefficient (Wildman–Crippen LogP) is 3.10. The van der Waals surface area contributed by atoms with Gasteiger partial charge in [0.25, 0.3) is 5.69 Å². The lowest BCUT2D eigenvalue weighted by Gasteiger charge is -2.50. The van der Waals surface area contributed by atoms with E-state index in [1.54, 1.807) is 6.92 Å². The Labute approximate surface area is 198 Å². The first kappa shape index (κ1) is 25.7. The Kier molecular flexibility index (Phi) is 6.57. The van der Waals surface area contributed by atoms with Gasteiger partial charge in [-0.25, -0.2) is 9.59 Å². The van der Waals surface area contributed by atoms with Crippen LogP contribution in [0.5, 0.6) is 0 Å². The van der Waals surface area contributed by atoms with Crippen LogP contribution in [0.1, 0.15) is 45.0 Å². The normalized spacial score (nSPS) is 25.4. The molecule has 0 bridgehead atoms. The molecule has 34 heavy (non-hydrogen) atoms. The summed E-state index contributed by atoms with van der Waals surface area (Å²) >= 11 is 0. The van der Waals surface area contributed by atoms with Crippen molar-refractivity contribution in [1.29, 1.82) is 0 Å². The molecule has 3 rings (SSSR count). The van der Waals surface area contributed by atoms with E-state index in [0.29, 0.717) is 0 Å². The number of nitro groups is 1. The first-order chi connectivity index (χ1) is 15.6. The second-order valence-corrected chi connectivity index (χ2v) is 15.2. The molecule has 0 saturated carbocycles. The number of rotatable bonds is 6. The van der Waals surface area contributed by atoms with E-state index in [-0.39, 0.29) is 22.2 Å². The molecule has 184 valence electrons. The summed E-state index contributed by atoms with van der Waals surface area (Å²) in [5.74, 6) is -4.22. The summed E-state index contributed by atoms with van der Waals surface area (Å²) in [5.41, 5.74) is -0.310. The number of amides is 1. The van der Waals surface area contributed by atoms with Crippen LogP contribution in [0, 0.1) is 22.0 Å². The molecule has 11 heteroatoms. The molecule has 10 nitrogen and oxygen atoms in total. The summed E-state index contributed by atoms with van der Waals surface area (Å²) in [6.07, 6.45) is -0.429. The van der Waals surface area contributed by atoms with Gasteiger partial charge in [0.15, 0.2) is 20.1 Å². The molecule has 2 saturated heterocycles. The van der Waals surface area contributed by atoms with Gasteiger partial charge in [-0.1, -0.05) is 27.7 Å². The maximum Gasteiger partial charge on any atom is 0.345 e. The number of ketones is 1. The van der Waals surface area contributed by atoms with Crippen LogP contribution in [-0.4, -0.2) is 60.0 Å². The van der Waals surface area contributed by atoms with E-state index in [0.717, 1.165) is 24.3 Å². The standard InChI is InChI=1S/C23H30N2O8Si/c1-12-17-16(13(2)33-34(6,7)23(3,4)5)20(27)24(17)18(19(12)26)22(29)32-21(28)14-8-10-15(11-9-14)25(30)31/h8-13,16-18H,1-7H3/t12-,13-,16-,17-,18?/m1/s1. The first-order valence-corrected chi connectivity index (χ1v) is 14.0. The SMILES string of the molecule is C[C@@H](O[Si](C)(C)C(C)(C)C)[C@H]1C(=O)N2C(C(=O)OC(=O)c3ccc([N+](=O)[O-])cc3)C(=O)[C@H](C)[C@H]12. The minimum absolute atomic E-state index is 0.0601. The number of carbonyl (C=O) groups excluding carboxylic acids is 4. The first-order valence-electron chi connectivity index (χ1n) is 11.1. The number of esters is 2. The van der Waals surface area contributed by atoms with Crippen molar-refractivity contribution >= 4 is 37.6 Å². The van der Waals surface area contributed by atoms with Gasteiger partial charge in [0.05, 0.1) is 28.6 Å². The van der Waals surface area contributed by atoms with Crippen molar-refractivity contribution in [2.24, 2.45) is 11.8 Å². The zero-order chi connectivity index (χ0) is 25.7. The average molecular weight is 491 g/mol. The van der Waals surface area contributed by atoms with E-state index in [9.17, 15) is 29.3 Å². The molecular formula is C23H30N2O8Si. The lowest BCUT2D eigenvalue weighted by atomic mass is 9.79. The van der Waals surface area contributed by atoms with Crippen molar-refractivity contribution in [1.82, 2.24) is 4.90 Å². The number of hydrogen-bond donors (Lipinski definition) is 0. The highest BCUT2D eigenvalue weighted by molar-refractivity contribution is 6.74. The van der Waals surface area contributed by atoms with Gasteiger partial charge < -0.3 is 14.1 Å². The summed E-state index contributed by atoms with van der Waals surface area (Å²) in [6.45, 7) is 13.9. The molecule has 2 aliphatic heterocycles. The van der Waals surface area contributed by atoms with Crippen molar-refractivity contribution in [3.8, 4) is 0 Å². The van der Waals surface area contributed by atoms with Crippen molar-refractivity contribution < 1.29 is 33.3 Å². The monoisotopic (exact) mass is 490 g/mol. The Hall–Kier alpha value is -2.92. The highest BCUT2D eigenvalue weighted by Gasteiger charge is 2.65. The van der Waals surface area contributed by atoms with E-state index in [4.69, 9.17) is 9.16 Å². The molecule has 0 N–H and O–H groups in total. The number of Topliss-reactive ketones (excluding diaryl/α,β-unsaturated/α-hetero) is 1. The third kappa shape index (κ3) is 4.29. The van der Waals surface area contributed by atoms with Crippen LogP contribution >= 0.6 is 0 Å². The fourth-order valence-electron chi connectivity index (χ4n) is 4.31. The lowest BCUT2D eigenvalue weighted by Crippen LogP contribution is -2.67. The molecule has 1 unspecified atom stereocenters. The summed E-state index contributed by atoms with van der Waals surface area (Å²) in [5, 5.41) is 10.7. The largest absolute Gasteiger partial charge is 0.413 e. The second kappa shape index (κ2) is 8.70. The van der Waals surface area contributed by atoms with Gasteiger partial charge in [0, 0.05) is 18.1 Å². The maximum atomic E-state index is 13.0. The number of non-ortho nitro benzene ring substituents is 1. The summed E-state index contributed by atoms with van der Waals surface area (Å²) in [6, 6.07) is 2.51. The van der Waals surface area contributed by atoms with Gasteiger partial charge in [0.2, 0.25) is 5.91 Å². The molecular weight excluding hydrogens is 460 g/mol. The Balaban J connectivity index is 1.73. The van der Waals surface area contributed by atoms with Crippen LogP contribution < -0.4 is 0 Å². The molecule has 1 aromatic rings. The molecule has 0 spiro atoms. The summed E-state index contributed by atoms with van der Waals surface area (Å²) in [4.78, 5) is 62.4. The number of benzene rings is 1. The highest BCUT2D eigenvalue weighted by Crippen LogP contribution is 2.46. The van der Waals surface area contributed by atoms with E-state index < -0.39 is 61.0 Å². The predicted molar refractivity (Wildman–Crippen MR) is 123 cm³/mol. The van der Waals surface area contributed by atoms with E-state index in [2.05, 4.69) is 33.9 Å². The molecule has 2 aliphatic rings. The van der Waals surface area contributed by atoms with Gasteiger partial charge in [-0.2, -0.15) is 0 Å². The van der Waals surface area contributed by atoms with Crippen molar-refractivity contribution in [2.75, 3.05) is 0 Å². The summed E-state index contributed by atoms with van der Waals surface area (Å²) < 4.78 is 11.2. The van der Waals surface area contributed by atoms with Gasteiger partial charge >= 0.3 is 11.9 Å². The number of β-lactam (4-membered cyclic amide) rings is 1. The lowest BCUT2D eigenvalue weighted by molar-refractivity contribution is -0.384. The van der Waals surface area contributed by atoms with E-state index in [1.165, 1.54) is 4.90 Å². The number of fused-ring (bicyclic) bond motifs is 1. The molecule has 2 heterocycles. The number of hydrogen-bond acceptors (Lipinski definition) is 8. The average Bonchev–Trinajstić information content (AvgIpc) is 2.94. The number of ether oxygens (including phenoxy) is 1. The summed E-state index contributed by atoms with van der Waals surface area (Å²) in [7, 11) is -2.17. The Bertz CT molecular complexity index is 1050. The van der Waals surface area contributed by atoms with Crippen molar-refractivity contribution in [3.63, 3.8) is 0 Å². The minimum atomic E-state index is -2.17. The zero-order valence-corrected chi connectivity index (χ0v) is 21.4. The van der Waals surface area contributed by atoms with Crippen LogP contribution in [0.15, 0.2) is 24.3 Å². The van der Waals surface area contributed by atoms with Gasteiger partial charge in [-0.05, 0) is 37.2 Å². The Morgan fingerprint density at radius 3 is 2.21 bits per heavy atom. The molecule has 0 radical (unpaired) electrons. The second-order valence-electron chi connectivity index (χ2n) is 10.5. The van der Waals surface area contributed by atoms with Gasteiger partial charge in [0.1, 0.15) is 0 Å². The topological polar surface area (TPSA) is 133 Å². The Morgan fingerprint density at radius 1 is 1.15 bits per heavy atom. The fraction of sp³-hybridized carbons (Fsp3) is 0.565. The Morgan fingerprint density at radius 2 is 1.71 bits per heavy atom. The van der Waals surface area contributed by atoms with Crippen LogP contribution in [0.25, 0.3) is 0 Å². The molecule has 0 aromatic heterocycles. The van der Waals surface area contributed by atoms with Crippen LogP contribution in [0.2, 0.25) is 18.1 Å². The zero-order valence-electron chi connectivity index (χ0n) is 20.4. The number of nitrogens with zero attached hydrogens (tertiary/aromatic N) is 2. The maximum absolute atomic E-state index is 13.0. The minimum Gasteiger partial charge on any atom is -0.413 e. The molecule has 5 atom stereocenters. The third-order valence-corrected chi connectivity index (χ3v) is 11.8. The van der Waals surface area contributed by atoms with Gasteiger partial charge in [-0.3, -0.25) is 19.7 Å². The van der Waals surface area contributed by atoms with Crippen LogP contribution in [-0.2, 0) is 23.5 Å². The van der Waals surface area contributed by atoms with Crippen LogP contribution in [0.3, 0.4) is 0 Å². The fourth-order valence-corrected chi connectivity index (χ4v) is 5.74. The highest BCUT2D eigenvalue weighted by atomic mass is 28.4. The van der Waals surface area contributed by atoms with Crippen LogP contribution in [0.4, 0.5) is 5.69 Å². The molecule has 2 fully saturated rings. The smallest absolute Gasteiger partial charge is 0.345 e. The van der Waals surface area contributed by atoms with Gasteiger partial charge in [-0.15, -0.1) is 0 Å². The number of nitro benzene ring substituents is 1. The third-order valence-electron chi connectivity index (χ3n) is 7.26. The van der Waals surface area contributed by atoms with E-state index >= 15 is 0 Å². The van der Waals surface area contributed by atoms with E-state index in [1.807, 2.05) is 6.92 Å². The van der Waals surface area contributed by atoms with Crippen molar-refractivity contribution in [3.05, 3.63) is 39.9 Å². The van der Waals surface area contributed by atoms with Crippen molar-refractivity contribution in [2.45, 2.75) is 70.9 Å². The number of carbonyl (C=O) groups is 4. The molecule has 1 aromatic carbocycles.